The third-order valence-corrected chi connectivity index (χ3v) is 6.22. The Bertz CT molecular complexity index is 538. The summed E-state index contributed by atoms with van der Waals surface area (Å²) in [4.78, 5) is 0. The van der Waals surface area contributed by atoms with E-state index in [4.69, 9.17) is 4.74 Å². The summed E-state index contributed by atoms with van der Waals surface area (Å²) in [5.41, 5.74) is 0.972. The average Bonchev–Trinajstić information content (AvgIpc) is 2.59. The predicted octanol–water partition coefficient (Wildman–Crippen LogP) is 3.71. The van der Waals surface area contributed by atoms with E-state index in [2.05, 4.69) is 41.9 Å². The van der Waals surface area contributed by atoms with Crippen LogP contribution in [-0.2, 0) is 5.41 Å². The fourth-order valence-corrected chi connectivity index (χ4v) is 3.91. The molecule has 3 heteroatoms. The molecule has 98 valence electrons. The quantitative estimate of drug-likeness (QED) is 0.791. The van der Waals surface area contributed by atoms with Crippen molar-refractivity contribution in [1.29, 1.82) is 0 Å². The van der Waals surface area contributed by atoms with Gasteiger partial charge in [0.1, 0.15) is 17.0 Å². The number of rotatable bonds is 0. The minimum absolute atomic E-state index is 0.109. The van der Waals surface area contributed by atoms with E-state index >= 15 is 0 Å². The molecule has 0 amide bonds. The Balaban J connectivity index is 2.24. The topological polar surface area (TPSA) is 29.5 Å². The highest BCUT2D eigenvalue weighted by molar-refractivity contribution is 9.10. The lowest BCUT2D eigenvalue weighted by atomic mass is 9.70. The minimum Gasteiger partial charge on any atom is -0.483 e. The molecule has 18 heavy (non-hydrogen) atoms. The van der Waals surface area contributed by atoms with Gasteiger partial charge in [0.15, 0.2) is 0 Å². The Labute approximate surface area is 116 Å². The van der Waals surface area contributed by atoms with Gasteiger partial charge in [0.05, 0.1) is 0 Å². The molecule has 1 aliphatic heterocycles. The van der Waals surface area contributed by atoms with Gasteiger partial charge in [-0.15, -0.1) is 0 Å². The number of hydrogen-bond acceptors (Lipinski definition) is 2. The standard InChI is InChI=1S/C15H19BrO2/c1-9-7-12-10(8-11(9)16)13(2)5-6-14(3,17)15(13,4)18-12/h7-8,17H,5-6H2,1-4H3/t13-,14-,15+/m0/s1. The third kappa shape index (κ3) is 1.22. The monoisotopic (exact) mass is 310 g/mol. The molecule has 3 rings (SSSR count). The summed E-state index contributed by atoms with van der Waals surface area (Å²) in [6.45, 7) is 8.21. The first-order valence-electron chi connectivity index (χ1n) is 6.43. The van der Waals surface area contributed by atoms with E-state index in [1.54, 1.807) is 0 Å². The SMILES string of the molecule is Cc1cc2c(cc1Br)[C@]1(C)CC[C@](C)(O)[C@]1(C)O2. The van der Waals surface area contributed by atoms with Gasteiger partial charge in [-0.05, 0) is 51.3 Å². The van der Waals surface area contributed by atoms with Gasteiger partial charge < -0.3 is 9.84 Å². The molecule has 0 radical (unpaired) electrons. The van der Waals surface area contributed by atoms with Crippen molar-refractivity contribution in [3.63, 3.8) is 0 Å². The molecule has 0 saturated heterocycles. The summed E-state index contributed by atoms with van der Waals surface area (Å²) in [6, 6.07) is 4.24. The summed E-state index contributed by atoms with van der Waals surface area (Å²) < 4.78 is 7.31. The molecule has 1 N–H and O–H groups in total. The van der Waals surface area contributed by atoms with E-state index in [1.165, 1.54) is 11.1 Å². The van der Waals surface area contributed by atoms with Crippen LogP contribution in [0.1, 0.15) is 44.7 Å². The first-order valence-corrected chi connectivity index (χ1v) is 7.23. The van der Waals surface area contributed by atoms with Crippen LogP contribution in [0.3, 0.4) is 0 Å². The first kappa shape index (κ1) is 12.5. The van der Waals surface area contributed by atoms with Crippen molar-refractivity contribution in [3.8, 4) is 5.75 Å². The van der Waals surface area contributed by atoms with Crippen LogP contribution in [0.5, 0.6) is 5.75 Å². The van der Waals surface area contributed by atoms with Crippen molar-refractivity contribution in [2.75, 3.05) is 0 Å². The molecule has 1 fully saturated rings. The molecule has 1 aromatic rings. The molecule has 1 aromatic carbocycles. The molecule has 1 aliphatic carbocycles. The molecule has 0 spiro atoms. The molecule has 1 saturated carbocycles. The maximum Gasteiger partial charge on any atom is 0.144 e. The van der Waals surface area contributed by atoms with Gasteiger partial charge in [0, 0.05) is 15.5 Å². The summed E-state index contributed by atoms with van der Waals surface area (Å²) in [5.74, 6) is 0.931. The van der Waals surface area contributed by atoms with Crippen LogP contribution in [0.2, 0.25) is 0 Å². The Kier molecular flexibility index (Phi) is 2.30. The molecule has 3 atom stereocenters. The maximum absolute atomic E-state index is 10.7. The van der Waals surface area contributed by atoms with Crippen LogP contribution in [0.25, 0.3) is 0 Å². The van der Waals surface area contributed by atoms with Gasteiger partial charge in [-0.1, -0.05) is 22.9 Å². The van der Waals surface area contributed by atoms with Crippen molar-refractivity contribution in [3.05, 3.63) is 27.7 Å². The molecular weight excluding hydrogens is 292 g/mol. The Morgan fingerprint density at radius 1 is 1.22 bits per heavy atom. The third-order valence-electron chi connectivity index (χ3n) is 5.36. The summed E-state index contributed by atoms with van der Waals surface area (Å²) in [5, 5.41) is 10.7. The molecule has 0 unspecified atom stereocenters. The number of aryl methyl sites for hydroxylation is 1. The highest BCUT2D eigenvalue weighted by atomic mass is 79.9. The van der Waals surface area contributed by atoms with Gasteiger partial charge in [-0.25, -0.2) is 0 Å². The normalized spacial score (nSPS) is 41.4. The molecule has 2 nitrogen and oxygen atoms in total. The van der Waals surface area contributed by atoms with Crippen LogP contribution in [0.4, 0.5) is 0 Å². The van der Waals surface area contributed by atoms with E-state index in [9.17, 15) is 5.11 Å². The molecule has 0 aromatic heterocycles. The second-order valence-electron chi connectivity index (χ2n) is 6.34. The Morgan fingerprint density at radius 2 is 1.89 bits per heavy atom. The lowest BCUT2D eigenvalue weighted by Gasteiger charge is -2.40. The number of fused-ring (bicyclic) bond motifs is 3. The van der Waals surface area contributed by atoms with Crippen molar-refractivity contribution < 1.29 is 9.84 Å². The van der Waals surface area contributed by atoms with E-state index in [0.717, 1.165) is 23.1 Å². The smallest absolute Gasteiger partial charge is 0.144 e. The van der Waals surface area contributed by atoms with Crippen molar-refractivity contribution in [2.45, 2.75) is 57.2 Å². The van der Waals surface area contributed by atoms with Crippen molar-refractivity contribution in [2.24, 2.45) is 0 Å². The van der Waals surface area contributed by atoms with E-state index in [1.807, 2.05) is 13.8 Å². The molecule has 1 heterocycles. The van der Waals surface area contributed by atoms with Crippen LogP contribution >= 0.6 is 15.9 Å². The zero-order valence-corrected chi connectivity index (χ0v) is 12.9. The average molecular weight is 311 g/mol. The fourth-order valence-electron chi connectivity index (χ4n) is 3.57. The van der Waals surface area contributed by atoms with Gasteiger partial charge in [-0.2, -0.15) is 0 Å². The number of aliphatic hydroxyl groups is 1. The summed E-state index contributed by atoms with van der Waals surface area (Å²) in [7, 11) is 0. The Morgan fingerprint density at radius 3 is 2.56 bits per heavy atom. The molecule has 0 bridgehead atoms. The van der Waals surface area contributed by atoms with Crippen molar-refractivity contribution in [1.82, 2.24) is 0 Å². The molecule has 2 aliphatic rings. The van der Waals surface area contributed by atoms with E-state index in [-0.39, 0.29) is 5.41 Å². The zero-order valence-electron chi connectivity index (χ0n) is 11.3. The summed E-state index contributed by atoms with van der Waals surface area (Å²) >= 11 is 3.60. The maximum atomic E-state index is 10.7. The van der Waals surface area contributed by atoms with E-state index < -0.39 is 11.2 Å². The largest absolute Gasteiger partial charge is 0.483 e. The predicted molar refractivity (Wildman–Crippen MR) is 75.1 cm³/mol. The van der Waals surface area contributed by atoms with Crippen LogP contribution in [0, 0.1) is 6.92 Å². The Hall–Kier alpha value is -0.540. The molecular formula is C15H19BrO2. The second-order valence-corrected chi connectivity index (χ2v) is 7.19. The zero-order chi connectivity index (χ0) is 13.3. The van der Waals surface area contributed by atoms with Crippen LogP contribution in [-0.4, -0.2) is 16.3 Å². The lowest BCUT2D eigenvalue weighted by molar-refractivity contribution is -0.102. The highest BCUT2D eigenvalue weighted by Gasteiger charge is 2.67. The van der Waals surface area contributed by atoms with Gasteiger partial charge >= 0.3 is 0 Å². The number of hydrogen-bond donors (Lipinski definition) is 1. The van der Waals surface area contributed by atoms with E-state index in [0.29, 0.717) is 0 Å². The number of halogens is 1. The number of benzene rings is 1. The minimum atomic E-state index is -0.777. The number of ether oxygens (including phenoxy) is 1. The van der Waals surface area contributed by atoms with Gasteiger partial charge in [0.25, 0.3) is 0 Å². The van der Waals surface area contributed by atoms with Gasteiger partial charge in [0.2, 0.25) is 0 Å². The first-order chi connectivity index (χ1) is 8.21. The lowest BCUT2D eigenvalue weighted by Crippen LogP contribution is -2.56. The van der Waals surface area contributed by atoms with Crippen LogP contribution < -0.4 is 4.74 Å². The highest BCUT2D eigenvalue weighted by Crippen LogP contribution is 2.61. The van der Waals surface area contributed by atoms with Gasteiger partial charge in [-0.3, -0.25) is 0 Å². The van der Waals surface area contributed by atoms with Crippen LogP contribution in [0.15, 0.2) is 16.6 Å². The van der Waals surface area contributed by atoms with Crippen molar-refractivity contribution >= 4 is 15.9 Å². The second kappa shape index (κ2) is 3.31. The summed E-state index contributed by atoms with van der Waals surface area (Å²) in [6.07, 6.45) is 1.74. The fraction of sp³-hybridized carbons (Fsp3) is 0.600.